The van der Waals surface area contributed by atoms with Gasteiger partial charge in [-0.2, -0.15) is 0 Å². The van der Waals surface area contributed by atoms with E-state index in [2.05, 4.69) is 31.0 Å². The molecule has 2 aliphatic rings. The number of nitrogens with one attached hydrogen (secondary N) is 1. The van der Waals surface area contributed by atoms with Gasteiger partial charge in [0.05, 0.1) is 6.54 Å². The third kappa shape index (κ3) is 4.19. The van der Waals surface area contributed by atoms with Gasteiger partial charge < -0.3 is 11.1 Å². The van der Waals surface area contributed by atoms with Crippen molar-refractivity contribution in [1.82, 2.24) is 10.2 Å². The van der Waals surface area contributed by atoms with Crippen molar-refractivity contribution >= 4 is 5.91 Å². The smallest absolute Gasteiger partial charge is 0.234 e. The molecule has 5 unspecified atom stereocenters. The fourth-order valence-corrected chi connectivity index (χ4v) is 3.88. The van der Waals surface area contributed by atoms with Gasteiger partial charge in [0.1, 0.15) is 0 Å². The normalized spacial score (nSPS) is 39.5. The van der Waals surface area contributed by atoms with Crippen LogP contribution in [0.1, 0.15) is 46.5 Å². The lowest BCUT2D eigenvalue weighted by atomic mass is 9.78. The van der Waals surface area contributed by atoms with Crippen molar-refractivity contribution < 1.29 is 4.79 Å². The first-order valence-electron chi connectivity index (χ1n) is 8.23. The van der Waals surface area contributed by atoms with Crippen molar-refractivity contribution in [3.05, 3.63) is 0 Å². The summed E-state index contributed by atoms with van der Waals surface area (Å²) in [5.74, 6) is 2.09. The lowest BCUT2D eigenvalue weighted by Crippen LogP contribution is -2.52. The first-order chi connectivity index (χ1) is 9.45. The van der Waals surface area contributed by atoms with Crippen LogP contribution in [0.25, 0.3) is 0 Å². The van der Waals surface area contributed by atoms with Crippen LogP contribution in [0.3, 0.4) is 0 Å². The second-order valence-electron chi connectivity index (χ2n) is 7.24. The average molecular weight is 281 g/mol. The molecule has 1 amide bonds. The number of carbonyl (C=O) groups excluding carboxylic acids is 1. The van der Waals surface area contributed by atoms with E-state index in [1.165, 1.54) is 12.8 Å². The highest BCUT2D eigenvalue weighted by molar-refractivity contribution is 5.78. The highest BCUT2D eigenvalue weighted by atomic mass is 16.2. The minimum atomic E-state index is 0.178. The van der Waals surface area contributed by atoms with E-state index in [9.17, 15) is 4.79 Å². The van der Waals surface area contributed by atoms with Gasteiger partial charge in [-0.05, 0) is 30.6 Å². The van der Waals surface area contributed by atoms with Crippen molar-refractivity contribution in [2.75, 3.05) is 19.6 Å². The maximum absolute atomic E-state index is 12.3. The Morgan fingerprint density at radius 2 is 2.00 bits per heavy atom. The summed E-state index contributed by atoms with van der Waals surface area (Å²) in [5, 5.41) is 3.25. The summed E-state index contributed by atoms with van der Waals surface area (Å²) in [5.41, 5.74) is 6.04. The van der Waals surface area contributed by atoms with Gasteiger partial charge in [0.25, 0.3) is 0 Å². The second kappa shape index (κ2) is 6.90. The fourth-order valence-electron chi connectivity index (χ4n) is 3.88. The molecule has 1 saturated carbocycles. The number of likely N-dealkylation sites (tertiary alicyclic amines) is 1. The van der Waals surface area contributed by atoms with Gasteiger partial charge in [-0.15, -0.1) is 0 Å². The molecule has 4 nitrogen and oxygen atoms in total. The van der Waals surface area contributed by atoms with Gasteiger partial charge in [0.2, 0.25) is 5.91 Å². The Labute approximate surface area is 123 Å². The molecule has 3 N–H and O–H groups in total. The zero-order valence-electron chi connectivity index (χ0n) is 13.3. The standard InChI is InChI=1S/C16H31N3O/c1-11-7-14(17)9-19(8-11)10-16(20)18-15-6-4-5-12(2)13(15)3/h11-15H,4-10,17H2,1-3H3,(H,18,20). The first kappa shape index (κ1) is 15.8. The number of hydrogen-bond acceptors (Lipinski definition) is 3. The molecule has 1 saturated heterocycles. The van der Waals surface area contributed by atoms with E-state index in [1.807, 2.05) is 0 Å². The van der Waals surface area contributed by atoms with Crippen molar-refractivity contribution in [3.63, 3.8) is 0 Å². The first-order valence-corrected chi connectivity index (χ1v) is 8.23. The number of nitrogens with zero attached hydrogens (tertiary/aromatic N) is 1. The summed E-state index contributed by atoms with van der Waals surface area (Å²) in [4.78, 5) is 14.5. The molecule has 20 heavy (non-hydrogen) atoms. The molecule has 0 aromatic heterocycles. The molecule has 5 atom stereocenters. The predicted molar refractivity (Wildman–Crippen MR) is 82.3 cm³/mol. The molecule has 116 valence electrons. The van der Waals surface area contributed by atoms with Crippen molar-refractivity contribution in [2.45, 2.75) is 58.5 Å². The summed E-state index contributed by atoms with van der Waals surface area (Å²) in [7, 11) is 0. The van der Waals surface area contributed by atoms with Gasteiger partial charge >= 0.3 is 0 Å². The highest BCUT2D eigenvalue weighted by Crippen LogP contribution is 2.29. The van der Waals surface area contributed by atoms with Gasteiger partial charge in [0, 0.05) is 25.2 Å². The van der Waals surface area contributed by atoms with E-state index in [0.717, 1.165) is 31.8 Å². The zero-order chi connectivity index (χ0) is 14.7. The maximum Gasteiger partial charge on any atom is 0.234 e. The minimum Gasteiger partial charge on any atom is -0.352 e. The lowest BCUT2D eigenvalue weighted by molar-refractivity contribution is -0.124. The molecule has 1 aliphatic heterocycles. The van der Waals surface area contributed by atoms with Crippen LogP contribution in [0.4, 0.5) is 0 Å². The molecular formula is C16H31N3O. The highest BCUT2D eigenvalue weighted by Gasteiger charge is 2.29. The van der Waals surface area contributed by atoms with Crippen LogP contribution >= 0.6 is 0 Å². The topological polar surface area (TPSA) is 58.4 Å². The van der Waals surface area contributed by atoms with Crippen molar-refractivity contribution in [1.29, 1.82) is 0 Å². The van der Waals surface area contributed by atoms with Crippen LogP contribution in [0.2, 0.25) is 0 Å². The Hall–Kier alpha value is -0.610. The molecule has 1 aliphatic carbocycles. The zero-order valence-corrected chi connectivity index (χ0v) is 13.3. The minimum absolute atomic E-state index is 0.178. The van der Waals surface area contributed by atoms with Crippen molar-refractivity contribution in [3.8, 4) is 0 Å². The molecule has 0 bridgehead atoms. The van der Waals surface area contributed by atoms with Crippen LogP contribution in [-0.4, -0.2) is 42.5 Å². The number of piperidine rings is 1. The van der Waals surface area contributed by atoms with E-state index in [-0.39, 0.29) is 11.9 Å². The molecule has 0 aromatic carbocycles. The average Bonchev–Trinajstić information content (AvgIpc) is 2.33. The van der Waals surface area contributed by atoms with E-state index >= 15 is 0 Å². The predicted octanol–water partition coefficient (Wildman–Crippen LogP) is 1.60. The monoisotopic (exact) mass is 281 g/mol. The Balaban J connectivity index is 1.80. The third-order valence-corrected chi connectivity index (χ3v) is 5.19. The Kier molecular flexibility index (Phi) is 5.44. The Morgan fingerprint density at radius 3 is 2.70 bits per heavy atom. The third-order valence-electron chi connectivity index (χ3n) is 5.19. The number of carbonyl (C=O) groups is 1. The van der Waals surface area contributed by atoms with Crippen LogP contribution in [0.15, 0.2) is 0 Å². The van der Waals surface area contributed by atoms with E-state index < -0.39 is 0 Å². The lowest BCUT2D eigenvalue weighted by Gasteiger charge is -2.37. The van der Waals surface area contributed by atoms with Gasteiger partial charge in [-0.3, -0.25) is 9.69 Å². The van der Waals surface area contributed by atoms with Gasteiger partial charge in [0.15, 0.2) is 0 Å². The number of rotatable bonds is 3. The SMILES string of the molecule is CC1CC(N)CN(CC(=O)NC2CCCC(C)C2C)C1. The molecule has 2 fully saturated rings. The van der Waals surface area contributed by atoms with Crippen LogP contribution in [-0.2, 0) is 4.79 Å². The summed E-state index contributed by atoms with van der Waals surface area (Å²) in [6.45, 7) is 9.15. The van der Waals surface area contributed by atoms with Crippen molar-refractivity contribution in [2.24, 2.45) is 23.5 Å². The number of amides is 1. The maximum atomic E-state index is 12.3. The van der Waals surface area contributed by atoms with Gasteiger partial charge in [-0.25, -0.2) is 0 Å². The van der Waals surface area contributed by atoms with Gasteiger partial charge in [-0.1, -0.05) is 33.6 Å². The van der Waals surface area contributed by atoms with E-state index in [0.29, 0.717) is 24.4 Å². The molecule has 2 rings (SSSR count). The van der Waals surface area contributed by atoms with E-state index in [1.54, 1.807) is 0 Å². The largest absolute Gasteiger partial charge is 0.352 e. The summed E-state index contributed by atoms with van der Waals surface area (Å²) < 4.78 is 0. The van der Waals surface area contributed by atoms with Crippen LogP contribution < -0.4 is 11.1 Å². The summed E-state index contributed by atoms with van der Waals surface area (Å²) >= 11 is 0. The molecule has 4 heteroatoms. The molecule has 0 radical (unpaired) electrons. The Bertz CT molecular complexity index is 324. The second-order valence-corrected chi connectivity index (χ2v) is 7.24. The van der Waals surface area contributed by atoms with Crippen LogP contribution in [0, 0.1) is 17.8 Å². The summed E-state index contributed by atoms with van der Waals surface area (Å²) in [6.07, 6.45) is 4.75. The number of hydrogen-bond donors (Lipinski definition) is 2. The fraction of sp³-hybridized carbons (Fsp3) is 0.938. The molecular weight excluding hydrogens is 250 g/mol. The quantitative estimate of drug-likeness (QED) is 0.826. The summed E-state index contributed by atoms with van der Waals surface area (Å²) in [6, 6.07) is 0.585. The number of nitrogens with two attached hydrogens (primary N) is 1. The molecule has 1 heterocycles. The molecule has 0 spiro atoms. The van der Waals surface area contributed by atoms with Crippen LogP contribution in [0.5, 0.6) is 0 Å². The molecule has 0 aromatic rings. The Morgan fingerprint density at radius 1 is 1.25 bits per heavy atom. The van der Waals surface area contributed by atoms with E-state index in [4.69, 9.17) is 5.73 Å².